The highest BCUT2D eigenvalue weighted by Gasteiger charge is 2.39. The van der Waals surface area contributed by atoms with Crippen molar-refractivity contribution in [1.82, 2.24) is 0 Å². The quantitative estimate of drug-likeness (QED) is 0.831. The molecule has 0 aliphatic carbocycles. The summed E-state index contributed by atoms with van der Waals surface area (Å²) in [6.07, 6.45) is 4.05. The molecule has 1 spiro atoms. The van der Waals surface area contributed by atoms with Crippen LogP contribution < -0.4 is 4.74 Å². The second-order valence-electron chi connectivity index (χ2n) is 5.33. The van der Waals surface area contributed by atoms with Crippen molar-refractivity contribution in [2.45, 2.75) is 37.4 Å². The second kappa shape index (κ2) is 5.70. The summed E-state index contributed by atoms with van der Waals surface area (Å²) in [6.45, 7) is 2.36. The van der Waals surface area contributed by atoms with Gasteiger partial charge in [-0.3, -0.25) is 0 Å². The van der Waals surface area contributed by atoms with E-state index < -0.39 is 0 Å². The Kier molecular flexibility index (Phi) is 3.96. The molecule has 1 atom stereocenters. The lowest BCUT2D eigenvalue weighted by atomic mass is 9.85. The largest absolute Gasteiger partial charge is 0.490 e. The first kappa shape index (κ1) is 13.2. The van der Waals surface area contributed by atoms with Crippen molar-refractivity contribution in [3.05, 3.63) is 29.3 Å². The highest BCUT2D eigenvalue weighted by molar-refractivity contribution is 6.30. The predicted octanol–water partition coefficient (Wildman–Crippen LogP) is 3.45. The van der Waals surface area contributed by atoms with Crippen LogP contribution in [0.25, 0.3) is 0 Å². The molecule has 1 aromatic carbocycles. The Labute approximate surface area is 118 Å². The molecule has 2 heterocycles. The van der Waals surface area contributed by atoms with Gasteiger partial charge in [0.2, 0.25) is 0 Å². The summed E-state index contributed by atoms with van der Waals surface area (Å²) in [5.74, 6) is 0.849. The molecule has 0 amide bonds. The van der Waals surface area contributed by atoms with E-state index in [9.17, 15) is 0 Å². The van der Waals surface area contributed by atoms with Crippen molar-refractivity contribution in [3.8, 4) is 5.75 Å². The monoisotopic (exact) mass is 282 g/mol. The van der Waals surface area contributed by atoms with Gasteiger partial charge in [0, 0.05) is 31.1 Å². The molecule has 19 heavy (non-hydrogen) atoms. The van der Waals surface area contributed by atoms with Crippen LogP contribution in [0.15, 0.2) is 24.3 Å². The van der Waals surface area contributed by atoms with E-state index in [-0.39, 0.29) is 11.7 Å². The van der Waals surface area contributed by atoms with Gasteiger partial charge in [-0.1, -0.05) is 17.7 Å². The van der Waals surface area contributed by atoms with E-state index >= 15 is 0 Å². The maximum Gasteiger partial charge on any atom is 0.121 e. The summed E-state index contributed by atoms with van der Waals surface area (Å²) in [6, 6.07) is 7.60. The van der Waals surface area contributed by atoms with Crippen molar-refractivity contribution in [2.75, 3.05) is 19.8 Å². The molecular weight excluding hydrogens is 264 g/mol. The minimum atomic E-state index is -0.0280. The van der Waals surface area contributed by atoms with E-state index in [0.717, 1.165) is 51.3 Å². The zero-order valence-corrected chi connectivity index (χ0v) is 11.7. The van der Waals surface area contributed by atoms with Gasteiger partial charge in [0.1, 0.15) is 11.9 Å². The SMILES string of the molecule is Clc1cccc(OC2CCOC3(CCOCC3)C2)c1. The van der Waals surface area contributed by atoms with E-state index in [1.54, 1.807) is 0 Å². The first-order valence-corrected chi connectivity index (χ1v) is 7.28. The molecule has 2 fully saturated rings. The smallest absolute Gasteiger partial charge is 0.121 e. The lowest BCUT2D eigenvalue weighted by Crippen LogP contribution is -2.47. The summed E-state index contributed by atoms with van der Waals surface area (Å²) in [7, 11) is 0. The fraction of sp³-hybridized carbons (Fsp3) is 0.600. The van der Waals surface area contributed by atoms with Gasteiger partial charge in [0.15, 0.2) is 0 Å². The van der Waals surface area contributed by atoms with E-state index in [2.05, 4.69) is 0 Å². The van der Waals surface area contributed by atoms with Crippen LogP contribution in [0.4, 0.5) is 0 Å². The lowest BCUT2D eigenvalue weighted by Gasteiger charge is -2.43. The number of rotatable bonds is 2. The van der Waals surface area contributed by atoms with Crippen LogP contribution in [0.3, 0.4) is 0 Å². The lowest BCUT2D eigenvalue weighted by molar-refractivity contribution is -0.155. The molecule has 0 N–H and O–H groups in total. The topological polar surface area (TPSA) is 27.7 Å². The number of halogens is 1. The highest BCUT2D eigenvalue weighted by atomic mass is 35.5. The number of hydrogen-bond donors (Lipinski definition) is 0. The van der Waals surface area contributed by atoms with Gasteiger partial charge in [-0.05, 0) is 31.0 Å². The highest BCUT2D eigenvalue weighted by Crippen LogP contribution is 2.35. The third-order valence-electron chi connectivity index (χ3n) is 3.95. The zero-order valence-electron chi connectivity index (χ0n) is 10.9. The van der Waals surface area contributed by atoms with Crippen molar-refractivity contribution in [3.63, 3.8) is 0 Å². The Bertz CT molecular complexity index is 424. The van der Waals surface area contributed by atoms with Gasteiger partial charge in [0.05, 0.1) is 12.2 Å². The van der Waals surface area contributed by atoms with Crippen LogP contribution in [0, 0.1) is 0 Å². The Hall–Kier alpha value is -0.770. The molecule has 2 aliphatic heterocycles. The van der Waals surface area contributed by atoms with Crippen LogP contribution in [-0.2, 0) is 9.47 Å². The number of benzene rings is 1. The predicted molar refractivity (Wildman–Crippen MR) is 73.8 cm³/mol. The summed E-state index contributed by atoms with van der Waals surface area (Å²) in [4.78, 5) is 0. The zero-order chi connectivity index (χ0) is 13.1. The van der Waals surface area contributed by atoms with Crippen LogP contribution in [0.5, 0.6) is 5.75 Å². The molecule has 3 nitrogen and oxygen atoms in total. The van der Waals surface area contributed by atoms with Gasteiger partial charge in [-0.2, -0.15) is 0 Å². The molecule has 3 rings (SSSR count). The summed E-state index contributed by atoms with van der Waals surface area (Å²) in [5.41, 5.74) is -0.0280. The summed E-state index contributed by atoms with van der Waals surface area (Å²) < 4.78 is 17.5. The molecule has 1 unspecified atom stereocenters. The first-order valence-electron chi connectivity index (χ1n) is 6.90. The van der Waals surface area contributed by atoms with Crippen LogP contribution in [0.2, 0.25) is 5.02 Å². The van der Waals surface area contributed by atoms with Gasteiger partial charge in [-0.15, -0.1) is 0 Å². The molecule has 104 valence electrons. The Morgan fingerprint density at radius 3 is 2.84 bits per heavy atom. The maximum absolute atomic E-state index is 6.06. The molecule has 4 heteroatoms. The van der Waals surface area contributed by atoms with Crippen molar-refractivity contribution < 1.29 is 14.2 Å². The molecule has 2 saturated heterocycles. The molecule has 0 aromatic heterocycles. The average molecular weight is 283 g/mol. The Balaban J connectivity index is 1.65. The fourth-order valence-electron chi connectivity index (χ4n) is 2.91. The average Bonchev–Trinajstić information content (AvgIpc) is 2.40. The maximum atomic E-state index is 6.06. The van der Waals surface area contributed by atoms with Crippen LogP contribution in [-0.4, -0.2) is 31.5 Å². The molecular formula is C15H19ClO3. The van der Waals surface area contributed by atoms with Crippen LogP contribution in [0.1, 0.15) is 25.7 Å². The van der Waals surface area contributed by atoms with Gasteiger partial charge >= 0.3 is 0 Å². The molecule has 1 aromatic rings. The van der Waals surface area contributed by atoms with Crippen LogP contribution >= 0.6 is 11.6 Å². The third kappa shape index (κ3) is 3.22. The van der Waals surface area contributed by atoms with Gasteiger partial charge < -0.3 is 14.2 Å². The Morgan fingerprint density at radius 1 is 1.21 bits per heavy atom. The summed E-state index contributed by atoms with van der Waals surface area (Å²) >= 11 is 5.98. The van der Waals surface area contributed by atoms with E-state index in [4.69, 9.17) is 25.8 Å². The minimum absolute atomic E-state index is 0.0280. The fourth-order valence-corrected chi connectivity index (χ4v) is 3.09. The van der Waals surface area contributed by atoms with Gasteiger partial charge in [0.25, 0.3) is 0 Å². The molecule has 0 saturated carbocycles. The second-order valence-corrected chi connectivity index (χ2v) is 5.77. The van der Waals surface area contributed by atoms with E-state index in [1.165, 1.54) is 0 Å². The van der Waals surface area contributed by atoms with Crippen molar-refractivity contribution in [2.24, 2.45) is 0 Å². The Morgan fingerprint density at radius 2 is 2.05 bits per heavy atom. The normalized spacial score (nSPS) is 26.3. The molecule has 0 bridgehead atoms. The van der Waals surface area contributed by atoms with E-state index in [0.29, 0.717) is 5.02 Å². The summed E-state index contributed by atoms with van der Waals surface area (Å²) in [5, 5.41) is 0.713. The standard InChI is InChI=1S/C15H19ClO3/c16-12-2-1-3-13(10-12)19-14-4-7-18-15(11-14)5-8-17-9-6-15/h1-3,10,14H,4-9,11H2. The van der Waals surface area contributed by atoms with Crippen molar-refractivity contribution >= 4 is 11.6 Å². The first-order chi connectivity index (χ1) is 9.26. The van der Waals surface area contributed by atoms with Crippen molar-refractivity contribution in [1.29, 1.82) is 0 Å². The van der Waals surface area contributed by atoms with E-state index in [1.807, 2.05) is 24.3 Å². The number of hydrogen-bond acceptors (Lipinski definition) is 3. The minimum Gasteiger partial charge on any atom is -0.490 e. The third-order valence-corrected chi connectivity index (χ3v) is 4.19. The molecule has 2 aliphatic rings. The molecule has 0 radical (unpaired) electrons. The van der Waals surface area contributed by atoms with Gasteiger partial charge in [-0.25, -0.2) is 0 Å². The number of ether oxygens (including phenoxy) is 3.